The third kappa shape index (κ3) is 5.02. The summed E-state index contributed by atoms with van der Waals surface area (Å²) in [6, 6.07) is 10.5. The molecule has 0 spiro atoms. The van der Waals surface area contributed by atoms with Gasteiger partial charge < -0.3 is 33.9 Å². The number of aromatic amines is 1. The highest BCUT2D eigenvalue weighted by Crippen LogP contribution is 2.37. The number of amides is 1. The number of carbonyl (C=O) groups is 1. The monoisotopic (exact) mass is 568 g/mol. The van der Waals surface area contributed by atoms with Crippen LogP contribution in [-0.4, -0.2) is 87.9 Å². The van der Waals surface area contributed by atoms with Gasteiger partial charge in [0.05, 0.1) is 29.4 Å². The summed E-state index contributed by atoms with van der Waals surface area (Å²) in [5.41, 5.74) is 4.02. The number of imidazole rings is 1. The summed E-state index contributed by atoms with van der Waals surface area (Å²) in [7, 11) is 0. The van der Waals surface area contributed by atoms with E-state index in [4.69, 9.17) is 35.5 Å². The molecule has 212 valence electrons. The van der Waals surface area contributed by atoms with Crippen molar-refractivity contribution < 1.29 is 28.8 Å². The van der Waals surface area contributed by atoms with E-state index < -0.39 is 6.10 Å². The number of ether oxygens (including phenoxy) is 4. The molecule has 2 N–H and O–H groups in total. The number of carbonyl (C=O) groups excluding carboxylic acids is 1. The molecule has 3 aliphatic heterocycles. The van der Waals surface area contributed by atoms with Crippen LogP contribution in [0.3, 0.4) is 0 Å². The minimum atomic E-state index is -0.636. The summed E-state index contributed by atoms with van der Waals surface area (Å²) >= 11 is 6.64. The maximum Gasteiger partial charge on any atom is 0.410 e. The van der Waals surface area contributed by atoms with E-state index in [1.165, 1.54) is 5.56 Å². The molecule has 3 saturated heterocycles. The Kier molecular flexibility index (Phi) is 7.03. The van der Waals surface area contributed by atoms with E-state index in [0.29, 0.717) is 40.4 Å². The fraction of sp³-hybridized carbons (Fsp3) is 0.552. The lowest BCUT2D eigenvalue weighted by atomic mass is 9.82. The first kappa shape index (κ1) is 26.0. The minimum Gasteiger partial charge on any atom is -0.456 e. The highest BCUT2D eigenvalue weighted by Gasteiger charge is 2.48. The van der Waals surface area contributed by atoms with Crippen LogP contribution in [-0.2, 0) is 14.2 Å². The molecule has 0 bridgehead atoms. The van der Waals surface area contributed by atoms with Crippen LogP contribution < -0.4 is 4.74 Å². The predicted octanol–water partition coefficient (Wildman–Crippen LogP) is 4.44. The summed E-state index contributed by atoms with van der Waals surface area (Å²) in [6.07, 6.45) is 4.09. The van der Waals surface area contributed by atoms with E-state index >= 15 is 0 Å². The van der Waals surface area contributed by atoms with Crippen molar-refractivity contribution in [1.82, 2.24) is 19.9 Å². The highest BCUT2D eigenvalue weighted by atomic mass is 35.5. The first-order valence-corrected chi connectivity index (χ1v) is 14.6. The molecule has 4 atom stereocenters. The molecular formula is C29H33ClN4O6. The van der Waals surface area contributed by atoms with Gasteiger partial charge in [-0.15, -0.1) is 0 Å². The molecule has 1 aliphatic carbocycles. The highest BCUT2D eigenvalue weighted by molar-refractivity contribution is 6.33. The first-order chi connectivity index (χ1) is 19.5. The van der Waals surface area contributed by atoms with Crippen LogP contribution in [0, 0.1) is 0 Å². The van der Waals surface area contributed by atoms with Crippen LogP contribution in [0.25, 0.3) is 22.4 Å². The number of halogens is 1. The maximum atomic E-state index is 12.3. The number of rotatable bonds is 5. The zero-order valence-corrected chi connectivity index (χ0v) is 22.9. The van der Waals surface area contributed by atoms with Crippen LogP contribution in [0.4, 0.5) is 4.79 Å². The summed E-state index contributed by atoms with van der Waals surface area (Å²) in [6.45, 7) is 2.20. The second-order valence-electron chi connectivity index (χ2n) is 11.2. The molecular weight excluding hydrogens is 536 g/mol. The molecule has 7 rings (SSSR count). The van der Waals surface area contributed by atoms with E-state index in [1.54, 1.807) is 0 Å². The smallest absolute Gasteiger partial charge is 0.410 e. The lowest BCUT2D eigenvalue weighted by Gasteiger charge is -2.30. The van der Waals surface area contributed by atoms with Crippen molar-refractivity contribution in [2.24, 2.45) is 0 Å². The van der Waals surface area contributed by atoms with Gasteiger partial charge in [0.1, 0.15) is 24.4 Å². The van der Waals surface area contributed by atoms with E-state index in [2.05, 4.69) is 34.2 Å². The Balaban J connectivity index is 0.994. The van der Waals surface area contributed by atoms with Gasteiger partial charge in [-0.2, -0.15) is 4.98 Å². The van der Waals surface area contributed by atoms with Gasteiger partial charge >= 0.3 is 6.09 Å². The molecule has 4 aliphatic rings. The Morgan fingerprint density at radius 1 is 1.02 bits per heavy atom. The van der Waals surface area contributed by atoms with Gasteiger partial charge in [-0.25, -0.2) is 9.78 Å². The molecule has 2 aromatic heterocycles. The Morgan fingerprint density at radius 3 is 2.55 bits per heavy atom. The van der Waals surface area contributed by atoms with Crippen LogP contribution in [0.1, 0.15) is 50.0 Å². The van der Waals surface area contributed by atoms with Crippen molar-refractivity contribution in [3.8, 4) is 17.3 Å². The van der Waals surface area contributed by atoms with Gasteiger partial charge in [0.15, 0.2) is 11.8 Å². The van der Waals surface area contributed by atoms with E-state index in [-0.39, 0.29) is 37.1 Å². The van der Waals surface area contributed by atoms with Crippen molar-refractivity contribution >= 4 is 28.9 Å². The Bertz CT molecular complexity index is 1370. The third-order valence-electron chi connectivity index (χ3n) is 8.61. The molecule has 10 nitrogen and oxygen atoms in total. The molecule has 11 heteroatoms. The Labute approximate surface area is 236 Å². The Morgan fingerprint density at radius 2 is 1.77 bits per heavy atom. The second kappa shape index (κ2) is 10.8. The average Bonchev–Trinajstić information content (AvgIpc) is 3.76. The fourth-order valence-electron chi connectivity index (χ4n) is 6.39. The molecule has 4 fully saturated rings. The van der Waals surface area contributed by atoms with Gasteiger partial charge in [-0.05, 0) is 56.1 Å². The maximum absolute atomic E-state index is 12.3. The van der Waals surface area contributed by atoms with Gasteiger partial charge in [0.25, 0.3) is 6.01 Å². The number of hydrogen-bond donors (Lipinski definition) is 2. The predicted molar refractivity (Wildman–Crippen MR) is 147 cm³/mol. The molecule has 5 heterocycles. The van der Waals surface area contributed by atoms with Crippen molar-refractivity contribution in [2.75, 3.05) is 26.3 Å². The number of aliphatic hydroxyl groups is 1. The zero-order valence-electron chi connectivity index (χ0n) is 22.1. The molecule has 2 unspecified atom stereocenters. The van der Waals surface area contributed by atoms with Gasteiger partial charge in [-0.3, -0.25) is 0 Å². The van der Waals surface area contributed by atoms with Gasteiger partial charge in [-0.1, -0.05) is 35.9 Å². The number of fused-ring (bicyclic) bond motifs is 2. The zero-order chi connectivity index (χ0) is 27.2. The molecule has 1 saturated carbocycles. The largest absolute Gasteiger partial charge is 0.456 e. The fourth-order valence-corrected chi connectivity index (χ4v) is 6.65. The number of H-pyrrole nitrogens is 1. The quantitative estimate of drug-likeness (QED) is 0.463. The lowest BCUT2D eigenvalue weighted by Crippen LogP contribution is -2.34. The molecule has 1 aromatic carbocycles. The summed E-state index contributed by atoms with van der Waals surface area (Å²) in [5.74, 6) is 0.442. The van der Waals surface area contributed by atoms with Crippen LogP contribution in [0.15, 0.2) is 30.3 Å². The molecule has 0 radical (unpaired) electrons. The molecule has 40 heavy (non-hydrogen) atoms. The minimum absolute atomic E-state index is 0.0148. The van der Waals surface area contributed by atoms with Gasteiger partial charge in [0, 0.05) is 18.7 Å². The number of nitrogens with zero attached hydrogens (tertiary/aromatic N) is 3. The molecule has 3 aromatic rings. The van der Waals surface area contributed by atoms with E-state index in [1.807, 2.05) is 11.0 Å². The summed E-state index contributed by atoms with van der Waals surface area (Å²) < 4.78 is 23.0. The number of nitrogens with one attached hydrogen (secondary N) is 1. The van der Waals surface area contributed by atoms with Crippen LogP contribution >= 0.6 is 11.6 Å². The topological polar surface area (TPSA) is 119 Å². The SMILES string of the molecule is O=C(OC1CCC(c2ccc(-c3nc4nc(O[C@@H]5COC6C5OC[C@H]6O)[nH]c4cc3Cl)cc2)CC1)N1CCCC1. The number of hydrogen-bond acceptors (Lipinski definition) is 8. The summed E-state index contributed by atoms with van der Waals surface area (Å²) in [4.78, 5) is 26.5. The van der Waals surface area contributed by atoms with E-state index in [0.717, 1.165) is 57.2 Å². The van der Waals surface area contributed by atoms with Crippen LogP contribution in [0.5, 0.6) is 6.01 Å². The molecule has 1 amide bonds. The standard InChI is InChI=1S/C29H33ClN4O6/c30-20-13-21-27(33-28(31-21)40-23-15-38-25-22(35)14-37-26(23)25)32-24(20)18-5-3-16(4-6-18)17-7-9-19(10-8-17)39-29(36)34-11-1-2-12-34/h3-6,13,17,19,22-23,25-26,35H,1-2,7-12,14-15H2,(H,31,32,33)/t17?,19?,22-,23-,25?,26?/m1/s1. The van der Waals surface area contributed by atoms with Crippen LogP contribution in [0.2, 0.25) is 5.02 Å². The van der Waals surface area contributed by atoms with Crippen molar-refractivity contribution in [1.29, 1.82) is 0 Å². The number of likely N-dealkylation sites (tertiary alicyclic amines) is 1. The average molecular weight is 569 g/mol. The first-order valence-electron chi connectivity index (χ1n) is 14.2. The summed E-state index contributed by atoms with van der Waals surface area (Å²) in [5, 5.41) is 10.5. The normalized spacial score (nSPS) is 30.1. The lowest BCUT2D eigenvalue weighted by molar-refractivity contribution is 0.00706. The number of aromatic nitrogens is 3. The number of benzene rings is 1. The second-order valence-corrected chi connectivity index (χ2v) is 11.6. The van der Waals surface area contributed by atoms with Crippen molar-refractivity contribution in [3.05, 3.63) is 40.9 Å². The van der Waals surface area contributed by atoms with E-state index in [9.17, 15) is 9.90 Å². The third-order valence-corrected chi connectivity index (χ3v) is 8.90. The Hall–Kier alpha value is -2.92. The van der Waals surface area contributed by atoms with Crippen molar-refractivity contribution in [2.45, 2.75) is 75.0 Å². The number of aliphatic hydroxyl groups excluding tert-OH is 1. The number of pyridine rings is 1. The van der Waals surface area contributed by atoms with Gasteiger partial charge in [0.2, 0.25) is 0 Å². The van der Waals surface area contributed by atoms with Crippen molar-refractivity contribution in [3.63, 3.8) is 0 Å².